The van der Waals surface area contributed by atoms with Crippen molar-refractivity contribution in [3.05, 3.63) is 106 Å². The van der Waals surface area contributed by atoms with Crippen LogP contribution in [0.15, 0.2) is 83.7 Å². The van der Waals surface area contributed by atoms with Gasteiger partial charge in [-0.15, -0.1) is 0 Å². The summed E-state index contributed by atoms with van der Waals surface area (Å²) in [7, 11) is 0. The highest BCUT2D eigenvalue weighted by Crippen LogP contribution is 2.41. The number of phenols is 1. The maximum absolute atomic E-state index is 13.8. The first-order valence-electron chi connectivity index (χ1n) is 19.4. The van der Waals surface area contributed by atoms with Crippen LogP contribution in [0, 0.1) is 11.8 Å². The molecule has 1 saturated heterocycles. The third-order valence-electron chi connectivity index (χ3n) is 11.1. The molecule has 0 amide bonds. The van der Waals surface area contributed by atoms with Crippen LogP contribution in [0.4, 0.5) is 0 Å². The molecular weight excluding hydrogens is 670 g/mol. The van der Waals surface area contributed by atoms with E-state index in [-0.39, 0.29) is 23.1 Å². The van der Waals surface area contributed by atoms with Gasteiger partial charge < -0.3 is 35.1 Å². The number of esters is 1. The molecule has 1 saturated carbocycles. The molecule has 0 spiro atoms. The number of pyridine rings is 1. The van der Waals surface area contributed by atoms with Gasteiger partial charge in [-0.25, -0.2) is 4.79 Å². The number of nitrogens with zero attached hydrogens (tertiary/aromatic N) is 1. The van der Waals surface area contributed by atoms with E-state index in [0.717, 1.165) is 83.8 Å². The van der Waals surface area contributed by atoms with Gasteiger partial charge in [-0.05, 0) is 111 Å². The topological polar surface area (TPSA) is 144 Å². The van der Waals surface area contributed by atoms with Crippen LogP contribution in [0.1, 0.15) is 87.0 Å². The Morgan fingerprint density at radius 3 is 2.51 bits per heavy atom. The summed E-state index contributed by atoms with van der Waals surface area (Å²) in [5, 5.41) is 37.0. The second-order valence-electron chi connectivity index (χ2n) is 14.8. The molecule has 2 aliphatic rings. The van der Waals surface area contributed by atoms with E-state index < -0.39 is 17.7 Å². The first-order chi connectivity index (χ1) is 25.8. The van der Waals surface area contributed by atoms with Crippen molar-refractivity contribution in [2.75, 3.05) is 39.4 Å². The van der Waals surface area contributed by atoms with Gasteiger partial charge in [0.05, 0.1) is 24.8 Å². The molecule has 2 fully saturated rings. The van der Waals surface area contributed by atoms with Gasteiger partial charge in [0.1, 0.15) is 11.5 Å². The SMILES string of the molecule is O=C(OCC1CCN(Cc2ccccc2)CC1)C(O)(c1cccc(OCCCCCNCC(O)c2ccc(O)c3[nH]c(=O)ccc23)c1)C1CCCCC1. The van der Waals surface area contributed by atoms with Crippen LogP contribution in [0.2, 0.25) is 0 Å². The number of phenolic OH excluding ortho intramolecular Hbond substituents is 1. The van der Waals surface area contributed by atoms with Crippen molar-refractivity contribution < 1.29 is 29.6 Å². The summed E-state index contributed by atoms with van der Waals surface area (Å²) in [5.74, 6) is 0.131. The zero-order valence-corrected chi connectivity index (χ0v) is 30.7. The van der Waals surface area contributed by atoms with Crippen molar-refractivity contribution in [1.82, 2.24) is 15.2 Å². The van der Waals surface area contributed by atoms with Crippen molar-refractivity contribution in [2.45, 2.75) is 82.5 Å². The number of rotatable bonds is 17. The highest BCUT2D eigenvalue weighted by atomic mass is 16.6. The molecule has 10 heteroatoms. The van der Waals surface area contributed by atoms with E-state index >= 15 is 0 Å². The molecule has 284 valence electrons. The molecule has 10 nitrogen and oxygen atoms in total. The minimum atomic E-state index is -1.71. The Labute approximate surface area is 312 Å². The Kier molecular flexibility index (Phi) is 13.6. The van der Waals surface area contributed by atoms with E-state index in [4.69, 9.17) is 9.47 Å². The summed E-state index contributed by atoms with van der Waals surface area (Å²) < 4.78 is 12.1. The Morgan fingerprint density at radius 2 is 1.72 bits per heavy atom. The zero-order chi connectivity index (χ0) is 37.0. The van der Waals surface area contributed by atoms with E-state index in [1.807, 2.05) is 30.3 Å². The summed E-state index contributed by atoms with van der Waals surface area (Å²) in [4.78, 5) is 30.6. The van der Waals surface area contributed by atoms with Crippen molar-refractivity contribution in [3.63, 3.8) is 0 Å². The van der Waals surface area contributed by atoms with Gasteiger partial charge in [-0.2, -0.15) is 0 Å². The Hall–Kier alpha value is -4.22. The minimum Gasteiger partial charge on any atom is -0.506 e. The number of piperidine rings is 1. The molecule has 0 bridgehead atoms. The minimum absolute atomic E-state index is 0.0326. The normalized spacial score (nSPS) is 17.7. The van der Waals surface area contributed by atoms with Crippen LogP contribution in [-0.2, 0) is 21.7 Å². The molecule has 6 rings (SSSR count). The maximum Gasteiger partial charge on any atom is 0.343 e. The molecule has 1 aliphatic carbocycles. The summed E-state index contributed by atoms with van der Waals surface area (Å²) in [6.07, 6.45) is 8.40. The molecular formula is C43H55N3O7. The lowest BCUT2D eigenvalue weighted by Gasteiger charge is -2.37. The van der Waals surface area contributed by atoms with Crippen LogP contribution in [0.25, 0.3) is 10.9 Å². The van der Waals surface area contributed by atoms with E-state index in [1.165, 1.54) is 17.7 Å². The Morgan fingerprint density at radius 1 is 0.925 bits per heavy atom. The Bertz CT molecular complexity index is 1820. The summed E-state index contributed by atoms with van der Waals surface area (Å²) in [5.41, 5.74) is 0.780. The predicted octanol–water partition coefficient (Wildman–Crippen LogP) is 6.33. The fraction of sp³-hybridized carbons (Fsp3) is 0.488. The molecule has 4 aromatic rings. The molecule has 53 heavy (non-hydrogen) atoms. The number of carbonyl (C=O) groups excluding carboxylic acids is 1. The van der Waals surface area contributed by atoms with Crippen LogP contribution < -0.4 is 15.6 Å². The Balaban J connectivity index is 0.949. The number of H-pyrrole nitrogens is 1. The van der Waals surface area contributed by atoms with Crippen LogP contribution in [0.5, 0.6) is 11.5 Å². The first kappa shape index (κ1) is 38.5. The van der Waals surface area contributed by atoms with E-state index in [9.17, 15) is 24.9 Å². The third-order valence-corrected chi connectivity index (χ3v) is 11.1. The number of unbranched alkanes of at least 4 members (excludes halogenated alkanes) is 2. The van der Waals surface area contributed by atoms with E-state index in [0.29, 0.717) is 54.1 Å². The molecule has 3 aromatic carbocycles. The van der Waals surface area contributed by atoms with E-state index in [1.54, 1.807) is 12.1 Å². The van der Waals surface area contributed by atoms with Crippen molar-refractivity contribution in [1.29, 1.82) is 0 Å². The monoisotopic (exact) mass is 725 g/mol. The van der Waals surface area contributed by atoms with Gasteiger partial charge in [-0.3, -0.25) is 9.69 Å². The number of carbonyl (C=O) groups is 1. The van der Waals surface area contributed by atoms with E-state index in [2.05, 4.69) is 39.5 Å². The molecule has 2 atom stereocenters. The summed E-state index contributed by atoms with van der Waals surface area (Å²) in [6.45, 7) is 4.73. The largest absolute Gasteiger partial charge is 0.506 e. The summed E-state index contributed by atoms with van der Waals surface area (Å²) in [6, 6.07) is 24.0. The highest BCUT2D eigenvalue weighted by Gasteiger charge is 2.47. The van der Waals surface area contributed by atoms with Crippen LogP contribution >= 0.6 is 0 Å². The van der Waals surface area contributed by atoms with Gasteiger partial charge in [0, 0.05) is 30.5 Å². The number of nitrogens with one attached hydrogen (secondary N) is 2. The number of hydrogen-bond acceptors (Lipinski definition) is 9. The standard InChI is InChI=1S/C43H55N3O7/c47-38-19-17-36(37-18-20-40(49)45-41(37)38)39(48)28-44-23-8-3-9-26-52-35-16-10-15-34(27-35)43(51,33-13-6-2-7-14-33)42(50)53-30-32-21-24-46(25-22-32)29-31-11-4-1-5-12-31/h1,4-5,10-12,15-20,27,32-33,39,44,47-48,51H,2-3,6-9,13-14,21-26,28-30H2,(H,45,49). The van der Waals surface area contributed by atoms with Crippen molar-refractivity contribution in [2.24, 2.45) is 11.8 Å². The van der Waals surface area contributed by atoms with Crippen LogP contribution in [-0.4, -0.2) is 70.6 Å². The van der Waals surface area contributed by atoms with Gasteiger partial charge in [0.25, 0.3) is 0 Å². The number of benzene rings is 3. The van der Waals surface area contributed by atoms with Gasteiger partial charge in [-0.1, -0.05) is 67.8 Å². The van der Waals surface area contributed by atoms with Crippen molar-refractivity contribution in [3.8, 4) is 11.5 Å². The number of aromatic amines is 1. The quantitative estimate of drug-likeness (QED) is 0.0623. The molecule has 2 heterocycles. The third kappa shape index (κ3) is 10.1. The molecule has 1 aromatic heterocycles. The van der Waals surface area contributed by atoms with Gasteiger partial charge in [0.2, 0.25) is 5.56 Å². The fourth-order valence-corrected chi connectivity index (χ4v) is 7.94. The number of aromatic hydroxyl groups is 1. The molecule has 1 aliphatic heterocycles. The number of fused-ring (bicyclic) bond motifs is 1. The maximum atomic E-state index is 13.8. The number of hydrogen-bond donors (Lipinski definition) is 5. The lowest BCUT2D eigenvalue weighted by Crippen LogP contribution is -2.46. The fourth-order valence-electron chi connectivity index (χ4n) is 7.94. The van der Waals surface area contributed by atoms with Crippen LogP contribution in [0.3, 0.4) is 0 Å². The lowest BCUT2D eigenvalue weighted by atomic mass is 9.73. The van der Waals surface area contributed by atoms with Crippen molar-refractivity contribution >= 4 is 16.9 Å². The first-order valence-corrected chi connectivity index (χ1v) is 19.4. The number of aliphatic hydroxyl groups is 2. The summed E-state index contributed by atoms with van der Waals surface area (Å²) >= 11 is 0. The number of aromatic nitrogens is 1. The number of likely N-dealkylation sites (tertiary alicyclic amines) is 1. The molecule has 0 radical (unpaired) electrons. The second-order valence-corrected chi connectivity index (χ2v) is 14.8. The molecule has 2 unspecified atom stereocenters. The second kappa shape index (κ2) is 18.7. The zero-order valence-electron chi connectivity index (χ0n) is 30.7. The average molecular weight is 726 g/mol. The lowest BCUT2D eigenvalue weighted by molar-refractivity contribution is -0.177. The highest BCUT2D eigenvalue weighted by molar-refractivity contribution is 5.87. The average Bonchev–Trinajstić information content (AvgIpc) is 3.19. The van der Waals surface area contributed by atoms with Gasteiger partial charge >= 0.3 is 5.97 Å². The number of aliphatic hydroxyl groups excluding tert-OH is 1. The van der Waals surface area contributed by atoms with Gasteiger partial charge in [0.15, 0.2) is 5.60 Å². The predicted molar refractivity (Wildman–Crippen MR) is 206 cm³/mol. The smallest absolute Gasteiger partial charge is 0.343 e. The number of ether oxygens (including phenoxy) is 2. The molecule has 5 N–H and O–H groups in total.